The molecule has 4 rings (SSSR count). The molecule has 3 aromatic heterocycles. The number of hydrogen-bond donors (Lipinski definition) is 0. The molecular formula is C18H16N4. The number of aromatic nitrogens is 4. The van der Waals surface area contributed by atoms with E-state index in [-0.39, 0.29) is 0 Å². The first-order chi connectivity index (χ1) is 10.7. The van der Waals surface area contributed by atoms with Crippen molar-refractivity contribution in [1.29, 1.82) is 0 Å². The maximum absolute atomic E-state index is 4.81. The van der Waals surface area contributed by atoms with Crippen molar-refractivity contribution >= 4 is 5.65 Å². The molecule has 0 radical (unpaired) electrons. The van der Waals surface area contributed by atoms with E-state index in [4.69, 9.17) is 4.98 Å². The molecule has 4 heteroatoms. The third-order valence-corrected chi connectivity index (χ3v) is 3.76. The zero-order valence-electron chi connectivity index (χ0n) is 12.6. The molecular weight excluding hydrogens is 272 g/mol. The van der Waals surface area contributed by atoms with Crippen molar-refractivity contribution in [2.24, 2.45) is 0 Å². The van der Waals surface area contributed by atoms with Gasteiger partial charge in [0.25, 0.3) is 0 Å². The second-order valence-corrected chi connectivity index (χ2v) is 5.42. The Kier molecular flexibility index (Phi) is 2.82. The summed E-state index contributed by atoms with van der Waals surface area (Å²) >= 11 is 0. The number of rotatable bonds is 2. The lowest BCUT2D eigenvalue weighted by Crippen LogP contribution is -2.04. The van der Waals surface area contributed by atoms with E-state index >= 15 is 0 Å². The number of aryl methyl sites for hydroxylation is 2. The highest BCUT2D eigenvalue weighted by Crippen LogP contribution is 2.28. The van der Waals surface area contributed by atoms with Crippen LogP contribution in [-0.2, 0) is 0 Å². The number of benzene rings is 1. The van der Waals surface area contributed by atoms with Crippen LogP contribution >= 0.6 is 0 Å². The molecule has 22 heavy (non-hydrogen) atoms. The third-order valence-electron chi connectivity index (χ3n) is 3.76. The maximum atomic E-state index is 4.81. The molecule has 1 aromatic carbocycles. The first-order valence-electron chi connectivity index (χ1n) is 7.30. The summed E-state index contributed by atoms with van der Waals surface area (Å²) in [5, 5.41) is 4.64. The van der Waals surface area contributed by atoms with Gasteiger partial charge in [0.2, 0.25) is 0 Å². The Morgan fingerprint density at radius 3 is 2.41 bits per heavy atom. The molecule has 0 unspecified atom stereocenters. The second kappa shape index (κ2) is 4.84. The van der Waals surface area contributed by atoms with Gasteiger partial charge in [-0.1, -0.05) is 36.4 Å². The second-order valence-electron chi connectivity index (χ2n) is 5.42. The molecule has 0 aliphatic heterocycles. The minimum Gasteiger partial charge on any atom is -0.284 e. The van der Waals surface area contributed by atoms with Gasteiger partial charge < -0.3 is 0 Å². The molecule has 0 fully saturated rings. The normalized spacial score (nSPS) is 11.2. The molecule has 0 saturated heterocycles. The minimum atomic E-state index is 0.920. The van der Waals surface area contributed by atoms with E-state index in [2.05, 4.69) is 34.6 Å². The Bertz CT molecular complexity index is 948. The van der Waals surface area contributed by atoms with Crippen molar-refractivity contribution in [2.45, 2.75) is 13.8 Å². The van der Waals surface area contributed by atoms with Gasteiger partial charge in [-0.15, -0.1) is 0 Å². The predicted molar refractivity (Wildman–Crippen MR) is 87.2 cm³/mol. The van der Waals surface area contributed by atoms with E-state index in [0.717, 1.165) is 34.1 Å². The van der Waals surface area contributed by atoms with Crippen molar-refractivity contribution in [1.82, 2.24) is 19.2 Å². The van der Waals surface area contributed by atoms with Crippen LogP contribution in [0.4, 0.5) is 0 Å². The van der Waals surface area contributed by atoms with Crippen LogP contribution in [0.25, 0.3) is 22.7 Å². The van der Waals surface area contributed by atoms with Crippen LogP contribution in [0.15, 0.2) is 60.8 Å². The summed E-state index contributed by atoms with van der Waals surface area (Å²) in [6.07, 6.45) is 2.03. The largest absolute Gasteiger partial charge is 0.284 e. The lowest BCUT2D eigenvalue weighted by molar-refractivity contribution is 0.799. The van der Waals surface area contributed by atoms with Crippen LogP contribution in [0.3, 0.4) is 0 Å². The lowest BCUT2D eigenvalue weighted by Gasteiger charge is -2.07. The molecule has 0 bridgehead atoms. The van der Waals surface area contributed by atoms with Crippen molar-refractivity contribution in [3.05, 3.63) is 72.2 Å². The minimum absolute atomic E-state index is 0.920. The fourth-order valence-electron chi connectivity index (χ4n) is 2.82. The number of pyridine rings is 1. The van der Waals surface area contributed by atoms with E-state index in [1.165, 1.54) is 0 Å². The Balaban J connectivity index is 2.09. The number of fused-ring (bicyclic) bond motifs is 1. The highest BCUT2D eigenvalue weighted by molar-refractivity contribution is 5.71. The van der Waals surface area contributed by atoms with E-state index in [1.54, 1.807) is 0 Å². The molecule has 108 valence electrons. The molecule has 4 aromatic rings. The Morgan fingerprint density at radius 2 is 1.68 bits per heavy atom. The number of imidazole rings is 1. The standard InChI is InChI=1S/C18H16N4/c1-13-12-14(2)22(20-13)18-17(15-8-4-3-5-9-15)19-16-10-6-7-11-21(16)18/h3-12H,1-2H3. The Hall–Kier alpha value is -2.88. The SMILES string of the molecule is Cc1cc(C)n(-c2c(-c3ccccc3)nc3ccccn23)n1. The van der Waals surface area contributed by atoms with Crippen LogP contribution in [0.5, 0.6) is 0 Å². The van der Waals surface area contributed by atoms with Gasteiger partial charge in [-0.2, -0.15) is 5.10 Å². The molecule has 0 saturated carbocycles. The molecule has 0 amide bonds. The zero-order chi connectivity index (χ0) is 15.1. The van der Waals surface area contributed by atoms with E-state index in [9.17, 15) is 0 Å². The average Bonchev–Trinajstić information content (AvgIpc) is 3.07. The first-order valence-corrected chi connectivity index (χ1v) is 7.30. The molecule has 0 aliphatic rings. The predicted octanol–water partition coefficient (Wildman–Crippen LogP) is 3.80. The van der Waals surface area contributed by atoms with Gasteiger partial charge in [0.1, 0.15) is 11.3 Å². The molecule has 0 aliphatic carbocycles. The molecule has 4 nitrogen and oxygen atoms in total. The summed E-state index contributed by atoms with van der Waals surface area (Å²) in [5.41, 5.74) is 5.05. The molecule has 0 N–H and O–H groups in total. The first kappa shape index (κ1) is 12.8. The van der Waals surface area contributed by atoms with Crippen molar-refractivity contribution in [3.63, 3.8) is 0 Å². The van der Waals surface area contributed by atoms with E-state index in [1.807, 2.05) is 54.2 Å². The van der Waals surface area contributed by atoms with Gasteiger partial charge in [-0.3, -0.25) is 4.40 Å². The summed E-state index contributed by atoms with van der Waals surface area (Å²) in [5.74, 6) is 0.979. The smallest absolute Gasteiger partial charge is 0.166 e. The van der Waals surface area contributed by atoms with Crippen molar-refractivity contribution in [2.75, 3.05) is 0 Å². The van der Waals surface area contributed by atoms with Crippen LogP contribution in [-0.4, -0.2) is 19.2 Å². The molecule has 0 spiro atoms. The van der Waals surface area contributed by atoms with E-state index in [0.29, 0.717) is 0 Å². The van der Waals surface area contributed by atoms with Gasteiger partial charge >= 0.3 is 0 Å². The highest BCUT2D eigenvalue weighted by Gasteiger charge is 2.17. The fraction of sp³-hybridized carbons (Fsp3) is 0.111. The van der Waals surface area contributed by atoms with E-state index < -0.39 is 0 Å². The van der Waals surface area contributed by atoms with Crippen LogP contribution in [0.1, 0.15) is 11.4 Å². The maximum Gasteiger partial charge on any atom is 0.166 e. The quantitative estimate of drug-likeness (QED) is 0.562. The summed E-state index contributed by atoms with van der Waals surface area (Å²) < 4.78 is 4.06. The zero-order valence-corrected chi connectivity index (χ0v) is 12.6. The third kappa shape index (κ3) is 1.92. The van der Waals surface area contributed by atoms with Gasteiger partial charge in [0.15, 0.2) is 5.82 Å². The Labute approximate surface area is 128 Å². The van der Waals surface area contributed by atoms with Crippen LogP contribution < -0.4 is 0 Å². The monoisotopic (exact) mass is 288 g/mol. The number of nitrogens with zero attached hydrogens (tertiary/aromatic N) is 4. The summed E-state index contributed by atoms with van der Waals surface area (Å²) in [6, 6.07) is 18.4. The van der Waals surface area contributed by atoms with Gasteiger partial charge in [0, 0.05) is 17.5 Å². The van der Waals surface area contributed by atoms with Gasteiger partial charge in [0.05, 0.1) is 5.69 Å². The molecule has 3 heterocycles. The molecule has 0 atom stereocenters. The lowest BCUT2D eigenvalue weighted by atomic mass is 10.1. The average molecular weight is 288 g/mol. The van der Waals surface area contributed by atoms with Gasteiger partial charge in [-0.05, 0) is 32.0 Å². The fourth-order valence-corrected chi connectivity index (χ4v) is 2.82. The highest BCUT2D eigenvalue weighted by atomic mass is 15.3. The Morgan fingerprint density at radius 1 is 0.909 bits per heavy atom. The summed E-state index contributed by atoms with van der Waals surface area (Å²) in [7, 11) is 0. The topological polar surface area (TPSA) is 35.1 Å². The van der Waals surface area contributed by atoms with Crippen LogP contribution in [0, 0.1) is 13.8 Å². The van der Waals surface area contributed by atoms with Crippen molar-refractivity contribution in [3.8, 4) is 17.1 Å². The summed E-state index contributed by atoms with van der Waals surface area (Å²) in [6.45, 7) is 4.08. The summed E-state index contributed by atoms with van der Waals surface area (Å²) in [4.78, 5) is 4.81. The van der Waals surface area contributed by atoms with Crippen molar-refractivity contribution < 1.29 is 0 Å². The number of hydrogen-bond acceptors (Lipinski definition) is 2. The van der Waals surface area contributed by atoms with Gasteiger partial charge in [-0.25, -0.2) is 9.67 Å². The van der Waals surface area contributed by atoms with Crippen LogP contribution in [0.2, 0.25) is 0 Å².